The Kier molecular flexibility index (Phi) is 6.30. The molecule has 1 unspecified atom stereocenters. The Morgan fingerprint density at radius 3 is 2.38 bits per heavy atom. The van der Waals surface area contributed by atoms with Gasteiger partial charge in [0.25, 0.3) is 0 Å². The van der Waals surface area contributed by atoms with Crippen molar-refractivity contribution in [3.8, 4) is 0 Å². The summed E-state index contributed by atoms with van der Waals surface area (Å²) in [5, 5.41) is 0. The summed E-state index contributed by atoms with van der Waals surface area (Å²) in [5.74, 6) is 0.0643. The fourth-order valence-corrected chi connectivity index (χ4v) is 2.05. The van der Waals surface area contributed by atoms with Gasteiger partial charge in [0.15, 0.2) is 0 Å². The molecule has 1 atom stereocenters. The molecule has 0 aliphatic carbocycles. The highest BCUT2D eigenvalue weighted by atomic mass is 35.5. The zero-order chi connectivity index (χ0) is 11.5. The zero-order valence-electron chi connectivity index (χ0n) is 10.4. The Morgan fingerprint density at radius 2 is 2.00 bits per heavy atom. The minimum atomic E-state index is -0.378. The second kappa shape index (κ2) is 6.42. The molecule has 1 aliphatic heterocycles. The Bertz CT molecular complexity index is 226. The molecule has 0 radical (unpaired) electrons. The lowest BCUT2D eigenvalue weighted by Gasteiger charge is -2.39. The standard InChI is InChI=1S/C11H22N2O2.ClH/c1-9(12)10(14)13-6-4-11(2,5-7-13)8-15-3;/h9H,4-8,12H2,1-3H3;1H. The molecule has 1 rings (SSSR count). The average Bonchev–Trinajstić information content (AvgIpc) is 2.18. The number of nitrogens with two attached hydrogens (primary N) is 1. The van der Waals surface area contributed by atoms with E-state index in [0.29, 0.717) is 0 Å². The van der Waals surface area contributed by atoms with Gasteiger partial charge in [-0.1, -0.05) is 6.92 Å². The molecule has 0 spiro atoms. The van der Waals surface area contributed by atoms with Gasteiger partial charge in [-0.25, -0.2) is 0 Å². The van der Waals surface area contributed by atoms with E-state index in [2.05, 4.69) is 6.92 Å². The normalized spacial score (nSPS) is 21.1. The van der Waals surface area contributed by atoms with Crippen LogP contribution in [0, 0.1) is 5.41 Å². The van der Waals surface area contributed by atoms with E-state index in [-0.39, 0.29) is 29.8 Å². The van der Waals surface area contributed by atoms with Gasteiger partial charge >= 0.3 is 0 Å². The number of methoxy groups -OCH3 is 1. The van der Waals surface area contributed by atoms with Crippen LogP contribution in [0.5, 0.6) is 0 Å². The van der Waals surface area contributed by atoms with Crippen molar-refractivity contribution in [3.63, 3.8) is 0 Å². The van der Waals surface area contributed by atoms with E-state index in [1.54, 1.807) is 14.0 Å². The van der Waals surface area contributed by atoms with Gasteiger partial charge in [-0.05, 0) is 25.2 Å². The molecule has 96 valence electrons. The number of carbonyl (C=O) groups is 1. The molecule has 0 aromatic heterocycles. The van der Waals surface area contributed by atoms with Crippen LogP contribution in [0.25, 0.3) is 0 Å². The number of nitrogens with zero attached hydrogens (tertiary/aromatic N) is 1. The van der Waals surface area contributed by atoms with E-state index in [4.69, 9.17) is 10.5 Å². The van der Waals surface area contributed by atoms with Crippen LogP contribution < -0.4 is 5.73 Å². The topological polar surface area (TPSA) is 55.6 Å². The highest BCUT2D eigenvalue weighted by Gasteiger charge is 2.32. The summed E-state index contributed by atoms with van der Waals surface area (Å²) in [6.07, 6.45) is 2.00. The molecule has 2 N–H and O–H groups in total. The summed E-state index contributed by atoms with van der Waals surface area (Å²) in [5.41, 5.74) is 5.80. The van der Waals surface area contributed by atoms with E-state index in [1.165, 1.54) is 0 Å². The minimum absolute atomic E-state index is 0. The van der Waals surface area contributed by atoms with E-state index in [1.807, 2.05) is 4.90 Å². The summed E-state index contributed by atoms with van der Waals surface area (Å²) >= 11 is 0. The first-order valence-electron chi connectivity index (χ1n) is 5.52. The third-order valence-electron chi connectivity index (χ3n) is 3.16. The number of halogens is 1. The molecule has 1 fully saturated rings. The number of likely N-dealkylation sites (tertiary alicyclic amines) is 1. The summed E-state index contributed by atoms with van der Waals surface area (Å²) in [4.78, 5) is 13.5. The Morgan fingerprint density at radius 1 is 1.50 bits per heavy atom. The van der Waals surface area contributed by atoms with Gasteiger partial charge in [-0.15, -0.1) is 12.4 Å². The van der Waals surface area contributed by atoms with E-state index < -0.39 is 0 Å². The number of hydrogen-bond donors (Lipinski definition) is 1. The Labute approximate surface area is 104 Å². The van der Waals surface area contributed by atoms with Crippen LogP contribution >= 0.6 is 12.4 Å². The number of carbonyl (C=O) groups excluding carboxylic acids is 1. The van der Waals surface area contributed by atoms with Gasteiger partial charge in [0.2, 0.25) is 5.91 Å². The highest BCUT2D eigenvalue weighted by Crippen LogP contribution is 2.30. The van der Waals surface area contributed by atoms with Crippen LogP contribution in [-0.2, 0) is 9.53 Å². The molecule has 0 aromatic rings. The minimum Gasteiger partial charge on any atom is -0.384 e. The maximum absolute atomic E-state index is 11.6. The average molecular weight is 251 g/mol. The van der Waals surface area contributed by atoms with Crippen molar-refractivity contribution < 1.29 is 9.53 Å². The lowest BCUT2D eigenvalue weighted by Crippen LogP contribution is -2.48. The SMILES string of the molecule is COCC1(C)CCN(C(=O)C(C)N)CC1.Cl. The van der Waals surface area contributed by atoms with E-state index in [0.717, 1.165) is 32.5 Å². The third kappa shape index (κ3) is 3.92. The molecule has 16 heavy (non-hydrogen) atoms. The van der Waals surface area contributed by atoms with Crippen molar-refractivity contribution in [1.29, 1.82) is 0 Å². The third-order valence-corrected chi connectivity index (χ3v) is 3.16. The van der Waals surface area contributed by atoms with Crippen molar-refractivity contribution in [1.82, 2.24) is 4.90 Å². The van der Waals surface area contributed by atoms with E-state index in [9.17, 15) is 4.79 Å². The number of rotatable bonds is 3. The monoisotopic (exact) mass is 250 g/mol. The van der Waals surface area contributed by atoms with Crippen molar-refractivity contribution in [2.45, 2.75) is 32.7 Å². The maximum atomic E-state index is 11.6. The van der Waals surface area contributed by atoms with Crippen LogP contribution in [-0.4, -0.2) is 43.7 Å². The summed E-state index contributed by atoms with van der Waals surface area (Å²) in [7, 11) is 1.73. The molecular formula is C11H23ClN2O2. The molecule has 1 saturated heterocycles. The first kappa shape index (κ1) is 15.7. The van der Waals surface area contributed by atoms with Crippen molar-refractivity contribution >= 4 is 18.3 Å². The van der Waals surface area contributed by atoms with Crippen LogP contribution in [0.3, 0.4) is 0 Å². The molecule has 1 heterocycles. The second-order valence-electron chi connectivity index (χ2n) is 4.86. The first-order valence-corrected chi connectivity index (χ1v) is 5.52. The summed E-state index contributed by atoms with van der Waals surface area (Å²) < 4.78 is 5.20. The fourth-order valence-electron chi connectivity index (χ4n) is 2.05. The predicted octanol–water partition coefficient (Wildman–Crippen LogP) is 1.03. The molecule has 5 heteroatoms. The van der Waals surface area contributed by atoms with Gasteiger partial charge in [-0.2, -0.15) is 0 Å². The molecule has 0 bridgehead atoms. The van der Waals surface area contributed by atoms with Crippen molar-refractivity contribution in [2.24, 2.45) is 11.1 Å². The number of amides is 1. The summed E-state index contributed by atoms with van der Waals surface area (Å²) in [6.45, 7) is 6.34. The zero-order valence-corrected chi connectivity index (χ0v) is 11.2. The molecular weight excluding hydrogens is 228 g/mol. The van der Waals surface area contributed by atoms with Crippen LogP contribution in [0.2, 0.25) is 0 Å². The molecule has 1 aliphatic rings. The maximum Gasteiger partial charge on any atom is 0.239 e. The highest BCUT2D eigenvalue weighted by molar-refractivity contribution is 5.85. The van der Waals surface area contributed by atoms with Crippen LogP contribution in [0.15, 0.2) is 0 Å². The van der Waals surface area contributed by atoms with Crippen molar-refractivity contribution in [2.75, 3.05) is 26.8 Å². The van der Waals surface area contributed by atoms with Gasteiger partial charge < -0.3 is 15.4 Å². The van der Waals surface area contributed by atoms with Crippen molar-refractivity contribution in [3.05, 3.63) is 0 Å². The number of piperidine rings is 1. The second-order valence-corrected chi connectivity index (χ2v) is 4.86. The molecule has 1 amide bonds. The van der Waals surface area contributed by atoms with E-state index >= 15 is 0 Å². The Hall–Kier alpha value is -0.320. The summed E-state index contributed by atoms with van der Waals surface area (Å²) in [6, 6.07) is -0.378. The van der Waals surface area contributed by atoms with Crippen LogP contribution in [0.1, 0.15) is 26.7 Å². The fraction of sp³-hybridized carbons (Fsp3) is 0.909. The first-order chi connectivity index (χ1) is 6.98. The number of hydrogen-bond acceptors (Lipinski definition) is 3. The largest absolute Gasteiger partial charge is 0.384 e. The lowest BCUT2D eigenvalue weighted by atomic mass is 9.81. The molecule has 0 saturated carbocycles. The van der Waals surface area contributed by atoms with Gasteiger partial charge in [0.1, 0.15) is 0 Å². The molecule has 4 nitrogen and oxygen atoms in total. The van der Waals surface area contributed by atoms with Gasteiger partial charge in [0.05, 0.1) is 12.6 Å². The van der Waals surface area contributed by atoms with Crippen LogP contribution in [0.4, 0.5) is 0 Å². The predicted molar refractivity (Wildman–Crippen MR) is 66.7 cm³/mol. The lowest BCUT2D eigenvalue weighted by molar-refractivity contribution is -0.134. The molecule has 0 aromatic carbocycles. The quantitative estimate of drug-likeness (QED) is 0.814. The Balaban J connectivity index is 0.00000225. The smallest absolute Gasteiger partial charge is 0.239 e. The van der Waals surface area contributed by atoms with Gasteiger partial charge in [0, 0.05) is 20.2 Å². The number of ether oxygens (including phenoxy) is 1. The van der Waals surface area contributed by atoms with Gasteiger partial charge in [-0.3, -0.25) is 4.79 Å².